The van der Waals surface area contributed by atoms with Crippen molar-refractivity contribution in [2.24, 2.45) is 0 Å². The second-order valence-corrected chi connectivity index (χ2v) is 10.0. The van der Waals surface area contributed by atoms with Crippen LogP contribution in [0.5, 0.6) is 0 Å². The molecule has 0 atom stereocenters. The molecule has 0 radical (unpaired) electrons. The molecule has 9 nitrogen and oxygen atoms in total. The lowest BCUT2D eigenvalue weighted by Crippen LogP contribution is -2.34. The van der Waals surface area contributed by atoms with Gasteiger partial charge in [0.25, 0.3) is 0 Å². The molecule has 33 heavy (non-hydrogen) atoms. The van der Waals surface area contributed by atoms with Gasteiger partial charge in [-0.15, -0.1) is 26.8 Å². The zero-order chi connectivity index (χ0) is 26.7. The number of halogens is 11. The van der Waals surface area contributed by atoms with Crippen molar-refractivity contribution in [1.29, 1.82) is 0 Å². The van der Waals surface area contributed by atoms with E-state index < -0.39 is 53.5 Å². The van der Waals surface area contributed by atoms with Crippen molar-refractivity contribution in [2.75, 3.05) is 25.0 Å². The van der Waals surface area contributed by atoms with E-state index in [0.717, 1.165) is 0 Å². The van der Waals surface area contributed by atoms with Crippen LogP contribution in [0.4, 0.5) is 39.5 Å². The van der Waals surface area contributed by atoms with Crippen molar-refractivity contribution in [3.63, 3.8) is 0 Å². The molecule has 0 spiro atoms. The molecule has 0 aliphatic heterocycles. The van der Waals surface area contributed by atoms with E-state index >= 15 is 0 Å². The predicted molar refractivity (Wildman–Crippen MR) is 96.5 cm³/mol. The van der Waals surface area contributed by atoms with E-state index in [4.69, 9.17) is 28.3 Å². The monoisotopic (exact) mass is 618 g/mol. The third kappa shape index (κ3) is 16.9. The summed E-state index contributed by atoms with van der Waals surface area (Å²) in [7, 11) is -19.1. The molecule has 0 amide bonds. The highest BCUT2D eigenvalue weighted by Crippen LogP contribution is 2.32. The molecular formula is C10H17Cl2F9O9S3. The van der Waals surface area contributed by atoms with Gasteiger partial charge >= 0.3 is 46.9 Å². The minimum Gasteiger partial charge on any atom is -0.396 e. The molecule has 0 aromatic carbocycles. The Labute approximate surface area is 193 Å². The summed E-state index contributed by atoms with van der Waals surface area (Å²) in [5.41, 5.74) is -17.9. The molecule has 23 heteroatoms. The molecule has 0 aromatic heterocycles. The Morgan fingerprint density at radius 2 is 0.939 bits per heavy atom. The number of aliphatic hydroxyl groups excluding tert-OH is 1. The lowest BCUT2D eigenvalue weighted by molar-refractivity contribution is -0.0586. The van der Waals surface area contributed by atoms with E-state index in [1.165, 1.54) is 0 Å². The summed E-state index contributed by atoms with van der Waals surface area (Å²) >= 11 is 10.2. The number of hydrogen-bond acceptors (Lipinski definition) is 9. The number of aliphatic hydroxyl groups is 1. The first-order valence-corrected chi connectivity index (χ1v) is 12.2. The van der Waals surface area contributed by atoms with E-state index in [9.17, 15) is 64.8 Å². The molecule has 0 aliphatic rings. The minimum absolute atomic E-state index is 0. The van der Waals surface area contributed by atoms with Crippen molar-refractivity contribution in [1.82, 2.24) is 0 Å². The van der Waals surface area contributed by atoms with Gasteiger partial charge in [0.2, 0.25) is 0 Å². The van der Waals surface area contributed by atoms with Crippen molar-refractivity contribution < 1.29 is 77.7 Å². The highest BCUT2D eigenvalue weighted by Gasteiger charge is 2.57. The van der Waals surface area contributed by atoms with Gasteiger partial charge in [-0.3, -0.25) is 4.18 Å². The average Bonchev–Trinajstić information content (AvgIpc) is 2.52. The third-order valence-corrected chi connectivity index (χ3v) is 5.98. The molecule has 206 valence electrons. The fourth-order valence-corrected chi connectivity index (χ4v) is 2.81. The van der Waals surface area contributed by atoms with Crippen LogP contribution in [0, 0.1) is 0 Å². The fraction of sp³-hybridized carbons (Fsp3) is 1.00. The van der Waals surface area contributed by atoms with Crippen molar-refractivity contribution in [2.45, 2.75) is 36.8 Å². The van der Waals surface area contributed by atoms with Crippen LogP contribution in [0.3, 0.4) is 0 Å². The molecule has 1 N–H and O–H groups in total. The predicted octanol–water partition coefficient (Wildman–Crippen LogP) is 3.43. The van der Waals surface area contributed by atoms with Gasteiger partial charge in [0, 0.05) is 18.4 Å². The second kappa shape index (κ2) is 15.6. The van der Waals surface area contributed by atoms with Crippen LogP contribution >= 0.6 is 23.2 Å². The summed E-state index contributed by atoms with van der Waals surface area (Å²) in [6.45, 7) is -0.338. The van der Waals surface area contributed by atoms with Crippen LogP contribution in [-0.4, -0.2) is 71.9 Å². The third-order valence-electron chi connectivity index (χ3n) is 1.84. The van der Waals surface area contributed by atoms with Gasteiger partial charge in [-0.2, -0.15) is 64.8 Å². The van der Waals surface area contributed by atoms with E-state index in [-0.39, 0.29) is 26.3 Å². The zero-order valence-electron chi connectivity index (χ0n) is 14.8. The molecule has 0 heterocycles. The van der Waals surface area contributed by atoms with E-state index in [2.05, 4.69) is 4.18 Å². The maximum atomic E-state index is 11.5. The standard InChI is InChI=1S/C4H6ClF3O3S.C3H7ClO.C2F6O5S2.CH4/c5-2-1-3-11-12(9,10)4(6,7)8;4-2-1-3-5;3-1(4,5)14(9,10)13-15(11,12)2(6,7)8;/h1-3H2;5H,1-3H2;;1H4. The SMILES string of the molecule is C.O=S(=O)(OCCCCl)C(F)(F)F.O=S(=O)(OS(=O)(=O)C(F)(F)F)C(F)(F)F.OCCCCl. The zero-order valence-corrected chi connectivity index (χ0v) is 18.8. The summed E-state index contributed by atoms with van der Waals surface area (Å²) in [6, 6.07) is 0. The molecule has 0 rings (SSSR count). The Bertz CT molecular complexity index is 792. The smallest absolute Gasteiger partial charge is 0.396 e. The topological polar surface area (TPSA) is 141 Å². The van der Waals surface area contributed by atoms with Crippen molar-refractivity contribution >= 4 is 53.6 Å². The largest absolute Gasteiger partial charge is 0.524 e. The maximum Gasteiger partial charge on any atom is 0.524 e. The van der Waals surface area contributed by atoms with Crippen molar-refractivity contribution in [3.8, 4) is 0 Å². The Kier molecular flexibility index (Phi) is 18.9. The van der Waals surface area contributed by atoms with Gasteiger partial charge in [-0.1, -0.05) is 7.43 Å². The van der Waals surface area contributed by atoms with Crippen molar-refractivity contribution in [3.05, 3.63) is 0 Å². The number of hydrogen-bond donors (Lipinski definition) is 1. The Balaban J connectivity index is -0.000000209. The lowest BCUT2D eigenvalue weighted by atomic mass is 10.5. The lowest BCUT2D eigenvalue weighted by Gasteiger charge is -2.09. The molecule has 0 saturated carbocycles. The summed E-state index contributed by atoms with van der Waals surface area (Å²) < 4.78 is 168. The van der Waals surface area contributed by atoms with Crippen LogP contribution in [0.15, 0.2) is 0 Å². The summed E-state index contributed by atoms with van der Waals surface area (Å²) in [6.07, 6.45) is 0.762. The summed E-state index contributed by atoms with van der Waals surface area (Å²) in [5, 5.41) is 7.98. The van der Waals surface area contributed by atoms with E-state index in [0.29, 0.717) is 12.3 Å². The fourth-order valence-electron chi connectivity index (χ4n) is 0.545. The van der Waals surface area contributed by atoms with Crippen LogP contribution in [0.1, 0.15) is 20.3 Å². The quantitative estimate of drug-likeness (QED) is 0.142. The first kappa shape index (κ1) is 39.9. The molecule has 0 bridgehead atoms. The molecule has 0 unspecified atom stereocenters. The Morgan fingerprint density at radius 1 is 0.636 bits per heavy atom. The van der Waals surface area contributed by atoms with Gasteiger partial charge in [0.1, 0.15) is 0 Å². The Hall–Kier alpha value is -0.320. The maximum absolute atomic E-state index is 11.5. The first-order valence-electron chi connectivity index (χ1n) is 6.95. The highest BCUT2D eigenvalue weighted by atomic mass is 35.5. The number of rotatable bonds is 8. The van der Waals surface area contributed by atoms with Crippen LogP contribution < -0.4 is 0 Å². The second-order valence-electron chi connectivity index (χ2n) is 4.40. The van der Waals surface area contributed by atoms with Gasteiger partial charge in [-0.05, 0) is 12.8 Å². The normalized spacial score (nSPS) is 13.1. The van der Waals surface area contributed by atoms with Crippen LogP contribution in [0.2, 0.25) is 0 Å². The van der Waals surface area contributed by atoms with Crippen LogP contribution in [-0.2, 0) is 38.2 Å². The molecule has 0 aromatic rings. The molecule has 0 saturated heterocycles. The molecule has 0 aliphatic carbocycles. The van der Waals surface area contributed by atoms with Gasteiger partial charge in [-0.25, -0.2) is 0 Å². The van der Waals surface area contributed by atoms with Gasteiger partial charge in [0.05, 0.1) is 6.61 Å². The Morgan fingerprint density at radius 3 is 1.12 bits per heavy atom. The summed E-state index contributed by atoms with van der Waals surface area (Å²) in [5.74, 6) is 0.615. The van der Waals surface area contributed by atoms with Gasteiger partial charge < -0.3 is 5.11 Å². The van der Waals surface area contributed by atoms with E-state index in [1.807, 2.05) is 3.63 Å². The van der Waals surface area contributed by atoms with Crippen LogP contribution in [0.25, 0.3) is 0 Å². The first-order chi connectivity index (χ1) is 13.9. The van der Waals surface area contributed by atoms with E-state index in [1.54, 1.807) is 0 Å². The summed E-state index contributed by atoms with van der Waals surface area (Å²) in [4.78, 5) is 0. The highest BCUT2D eigenvalue weighted by molar-refractivity contribution is 8.00. The molecular weight excluding hydrogens is 602 g/mol. The molecule has 0 fully saturated rings. The minimum atomic E-state index is -6.85. The average molecular weight is 619 g/mol. The number of alkyl halides is 11. The van der Waals surface area contributed by atoms with Gasteiger partial charge in [0.15, 0.2) is 0 Å².